The van der Waals surface area contributed by atoms with E-state index in [9.17, 15) is 22.8 Å². The summed E-state index contributed by atoms with van der Waals surface area (Å²) in [5.74, 6) is -1.06. The van der Waals surface area contributed by atoms with Crippen molar-refractivity contribution in [2.24, 2.45) is 5.92 Å². The van der Waals surface area contributed by atoms with Gasteiger partial charge in [0, 0.05) is 19.5 Å². The molecule has 10 heteroatoms. The monoisotopic (exact) mass is 563 g/mol. The van der Waals surface area contributed by atoms with Crippen LogP contribution in [0.5, 0.6) is 5.75 Å². The average Bonchev–Trinajstić information content (AvgIpc) is 3.14. The molecule has 4 rings (SSSR count). The molecule has 1 N–H and O–H groups in total. The molecule has 0 saturated heterocycles. The second kappa shape index (κ2) is 12.3. The molecule has 1 unspecified atom stereocenters. The molecule has 3 amide bonds. The van der Waals surface area contributed by atoms with Crippen LogP contribution in [0.4, 0.5) is 0 Å². The Balaban J connectivity index is 1.72. The van der Waals surface area contributed by atoms with Gasteiger partial charge in [-0.1, -0.05) is 68.4 Å². The molecule has 1 aliphatic heterocycles. The van der Waals surface area contributed by atoms with Crippen molar-refractivity contribution in [1.82, 2.24) is 14.5 Å². The van der Waals surface area contributed by atoms with E-state index >= 15 is 0 Å². The first-order valence-corrected chi connectivity index (χ1v) is 14.5. The van der Waals surface area contributed by atoms with Crippen LogP contribution in [-0.4, -0.2) is 61.6 Å². The van der Waals surface area contributed by atoms with Gasteiger partial charge in [-0.3, -0.25) is 14.4 Å². The van der Waals surface area contributed by atoms with Crippen molar-refractivity contribution in [1.29, 1.82) is 0 Å². The zero-order chi connectivity index (χ0) is 28.9. The number of carbonyl (C=O) groups is 3. The van der Waals surface area contributed by atoms with Crippen LogP contribution >= 0.6 is 0 Å². The van der Waals surface area contributed by atoms with E-state index in [2.05, 4.69) is 5.32 Å². The molecule has 1 atom stereocenters. The van der Waals surface area contributed by atoms with Crippen LogP contribution in [0.15, 0.2) is 83.8 Å². The van der Waals surface area contributed by atoms with E-state index in [-0.39, 0.29) is 35.2 Å². The first-order chi connectivity index (χ1) is 19.1. The molecule has 0 saturated carbocycles. The lowest BCUT2D eigenvalue weighted by Crippen LogP contribution is -2.53. The minimum absolute atomic E-state index is 0.00232. The third-order valence-corrected chi connectivity index (χ3v) is 8.42. The molecule has 0 spiro atoms. The zero-order valence-electron chi connectivity index (χ0n) is 22.7. The number of ether oxygens (including phenoxy) is 1. The van der Waals surface area contributed by atoms with Gasteiger partial charge < -0.3 is 15.0 Å². The number of carbonyl (C=O) groups excluding carboxylic acids is 3. The summed E-state index contributed by atoms with van der Waals surface area (Å²) in [7, 11) is -2.69. The molecule has 3 aromatic carbocycles. The molecule has 0 aliphatic carbocycles. The lowest BCUT2D eigenvalue weighted by Gasteiger charge is -2.32. The molecule has 40 heavy (non-hydrogen) atoms. The smallest absolute Gasteiger partial charge is 0.269 e. The number of sulfonamides is 1. The highest BCUT2D eigenvalue weighted by molar-refractivity contribution is 7.90. The van der Waals surface area contributed by atoms with Gasteiger partial charge in [0.25, 0.3) is 15.9 Å². The molecular formula is C30H33N3O6S. The Morgan fingerprint density at radius 1 is 0.950 bits per heavy atom. The average molecular weight is 564 g/mol. The van der Waals surface area contributed by atoms with E-state index in [4.69, 9.17) is 4.74 Å². The van der Waals surface area contributed by atoms with E-state index < -0.39 is 34.4 Å². The van der Waals surface area contributed by atoms with Crippen LogP contribution < -0.4 is 10.1 Å². The molecule has 9 nitrogen and oxygen atoms in total. The summed E-state index contributed by atoms with van der Waals surface area (Å²) in [6.07, 6.45) is 0.196. The van der Waals surface area contributed by atoms with E-state index in [1.54, 1.807) is 30.3 Å². The predicted octanol–water partition coefficient (Wildman–Crippen LogP) is 3.25. The Hall–Kier alpha value is -4.18. The van der Waals surface area contributed by atoms with Gasteiger partial charge >= 0.3 is 0 Å². The normalized spacial score (nSPS) is 14.5. The van der Waals surface area contributed by atoms with E-state index in [1.165, 1.54) is 30.2 Å². The lowest BCUT2D eigenvalue weighted by molar-refractivity contribution is -0.141. The number of nitrogens with one attached hydrogen (secondary N) is 1. The van der Waals surface area contributed by atoms with Gasteiger partial charge in [-0.2, -0.15) is 0 Å². The molecule has 0 aromatic heterocycles. The van der Waals surface area contributed by atoms with Crippen molar-refractivity contribution in [2.45, 2.75) is 37.8 Å². The number of amides is 3. The van der Waals surface area contributed by atoms with E-state index in [1.807, 2.05) is 44.2 Å². The van der Waals surface area contributed by atoms with Gasteiger partial charge in [0.2, 0.25) is 11.8 Å². The van der Waals surface area contributed by atoms with Gasteiger partial charge in [0.05, 0.1) is 12.7 Å². The summed E-state index contributed by atoms with van der Waals surface area (Å²) >= 11 is 0. The topological polar surface area (TPSA) is 113 Å². The second-order valence-corrected chi connectivity index (χ2v) is 11.9. The summed E-state index contributed by atoms with van der Waals surface area (Å²) in [5, 5.41) is 2.92. The maximum atomic E-state index is 14.0. The molecule has 0 radical (unpaired) electrons. The highest BCUT2D eigenvalue weighted by Gasteiger charge is 2.43. The van der Waals surface area contributed by atoms with Crippen LogP contribution in [0, 0.1) is 5.92 Å². The Morgan fingerprint density at radius 2 is 1.62 bits per heavy atom. The standard InChI is InChI=1S/C30H33N3O6S/c1-21(2)18-31-29(35)26(17-22-10-5-4-6-11-22)32(19-23-12-9-13-24(16-23)39-3)28(34)20-33-30(36)25-14-7-8-15-27(25)40(33,37)38/h4-16,21,26H,17-20H2,1-3H3,(H,31,35). The zero-order valence-corrected chi connectivity index (χ0v) is 23.6. The summed E-state index contributed by atoms with van der Waals surface area (Å²) < 4.78 is 32.3. The molecular weight excluding hydrogens is 530 g/mol. The summed E-state index contributed by atoms with van der Waals surface area (Å²) in [6, 6.07) is 21.3. The minimum Gasteiger partial charge on any atom is -0.497 e. The molecule has 0 fully saturated rings. The predicted molar refractivity (Wildman–Crippen MR) is 150 cm³/mol. The number of nitrogens with zero attached hydrogens (tertiary/aromatic N) is 2. The summed E-state index contributed by atoms with van der Waals surface area (Å²) in [4.78, 5) is 41.8. The van der Waals surface area contributed by atoms with Crippen LogP contribution in [-0.2, 0) is 32.6 Å². The first kappa shape index (κ1) is 28.8. The van der Waals surface area contributed by atoms with Crippen molar-refractivity contribution < 1.29 is 27.5 Å². The quantitative estimate of drug-likeness (QED) is 0.383. The lowest BCUT2D eigenvalue weighted by atomic mass is 10.0. The van der Waals surface area contributed by atoms with Crippen LogP contribution in [0.25, 0.3) is 0 Å². The summed E-state index contributed by atoms with van der Waals surface area (Å²) in [6.45, 7) is 3.60. The summed E-state index contributed by atoms with van der Waals surface area (Å²) in [5.41, 5.74) is 1.53. The Bertz CT molecular complexity index is 1490. The molecule has 1 heterocycles. The Kier molecular flexibility index (Phi) is 8.89. The fourth-order valence-electron chi connectivity index (χ4n) is 4.54. The van der Waals surface area contributed by atoms with Gasteiger partial charge in [0.1, 0.15) is 23.2 Å². The van der Waals surface area contributed by atoms with Crippen molar-refractivity contribution in [3.63, 3.8) is 0 Å². The van der Waals surface area contributed by atoms with E-state index in [0.717, 1.165) is 5.56 Å². The molecule has 210 valence electrons. The third kappa shape index (κ3) is 6.34. The fourth-order valence-corrected chi connectivity index (χ4v) is 6.06. The maximum absolute atomic E-state index is 14.0. The largest absolute Gasteiger partial charge is 0.497 e. The highest BCUT2D eigenvalue weighted by atomic mass is 32.2. The Labute approximate surface area is 234 Å². The second-order valence-electron chi connectivity index (χ2n) is 10.0. The number of benzene rings is 3. The number of rotatable bonds is 11. The number of hydrogen-bond acceptors (Lipinski definition) is 6. The van der Waals surface area contributed by atoms with Crippen molar-refractivity contribution in [3.05, 3.63) is 95.6 Å². The van der Waals surface area contributed by atoms with Gasteiger partial charge in [0.15, 0.2) is 0 Å². The van der Waals surface area contributed by atoms with Crippen molar-refractivity contribution >= 4 is 27.7 Å². The molecule has 1 aliphatic rings. The molecule has 3 aromatic rings. The minimum atomic E-state index is -4.22. The Morgan fingerprint density at radius 3 is 2.30 bits per heavy atom. The van der Waals surface area contributed by atoms with Crippen LogP contribution in [0.2, 0.25) is 0 Å². The first-order valence-electron chi connectivity index (χ1n) is 13.0. The van der Waals surface area contributed by atoms with Gasteiger partial charge in [-0.15, -0.1) is 0 Å². The number of hydrogen-bond donors (Lipinski definition) is 1. The number of methoxy groups -OCH3 is 1. The van der Waals surface area contributed by atoms with Gasteiger partial charge in [-0.25, -0.2) is 12.7 Å². The van der Waals surface area contributed by atoms with Crippen molar-refractivity contribution in [2.75, 3.05) is 20.2 Å². The maximum Gasteiger partial charge on any atom is 0.269 e. The fraction of sp³-hybridized carbons (Fsp3) is 0.300. The van der Waals surface area contributed by atoms with E-state index in [0.29, 0.717) is 22.2 Å². The van der Waals surface area contributed by atoms with Crippen LogP contribution in [0.3, 0.4) is 0 Å². The highest BCUT2D eigenvalue weighted by Crippen LogP contribution is 2.30. The van der Waals surface area contributed by atoms with Crippen molar-refractivity contribution in [3.8, 4) is 5.75 Å². The number of fused-ring (bicyclic) bond motifs is 1. The third-order valence-electron chi connectivity index (χ3n) is 6.63. The van der Waals surface area contributed by atoms with Crippen LogP contribution in [0.1, 0.15) is 35.3 Å². The SMILES string of the molecule is COc1cccc(CN(C(=O)CN2C(=O)c3ccccc3S2(=O)=O)C(Cc2ccccc2)C(=O)NCC(C)C)c1. The molecule has 0 bridgehead atoms. The van der Waals surface area contributed by atoms with Gasteiger partial charge in [-0.05, 0) is 41.3 Å².